The Morgan fingerprint density at radius 2 is 1.82 bits per heavy atom. The van der Waals surface area contributed by atoms with Crippen LogP contribution >= 0.6 is 0 Å². The molecular formula is C29H41FN4O4. The van der Waals surface area contributed by atoms with E-state index in [-0.39, 0.29) is 29.4 Å². The zero-order valence-corrected chi connectivity index (χ0v) is 23.3. The van der Waals surface area contributed by atoms with E-state index in [4.69, 9.17) is 10.5 Å². The summed E-state index contributed by atoms with van der Waals surface area (Å²) in [5.41, 5.74) is 6.16. The van der Waals surface area contributed by atoms with Gasteiger partial charge in [0.25, 0.3) is 17.6 Å². The number of nitrogens with two attached hydrogens (primary N) is 1. The number of fused-ring (bicyclic) bond motifs is 1. The van der Waals surface area contributed by atoms with Crippen LogP contribution in [0.5, 0.6) is 5.75 Å². The fraction of sp³-hybridized carbons (Fsp3) is 0.414. The van der Waals surface area contributed by atoms with Crippen LogP contribution in [0.4, 0.5) is 4.39 Å². The average molecular weight is 529 g/mol. The SMILES string of the molecule is C/C=C(F)\C=C/CCN1CC(C)N(C(=O)c2cc3c(C(=O)C(N)=O)c[nH]c3cc2OC)C[C@@H]1C.C=C.CC. The Bertz CT molecular complexity index is 1170. The molecule has 0 spiro atoms. The van der Waals surface area contributed by atoms with Crippen molar-refractivity contribution in [2.24, 2.45) is 5.73 Å². The summed E-state index contributed by atoms with van der Waals surface area (Å²) in [6, 6.07) is 3.25. The summed E-state index contributed by atoms with van der Waals surface area (Å²) in [6.07, 6.45) is 6.81. The monoisotopic (exact) mass is 528 g/mol. The number of carbonyl (C=O) groups excluding carboxylic acids is 3. The standard InChI is InChI=1S/C25H31FN4O4.C2H6.C2H4/c1-5-17(26)8-6-7-9-29-13-16(3)30(14-15(29)2)25(33)19-10-18-20(23(31)24(27)32)12-28-21(18)11-22(19)34-4;2*1-2/h5-6,8,10-12,15-16,28H,7,9,13-14H2,1-4H3,(H2,27,32);1-2H3;1-2H2/b8-6-,17-5+;;/t15-,16?;;/m0../s1. The number of aromatic nitrogens is 1. The van der Waals surface area contributed by atoms with Crippen LogP contribution in [-0.4, -0.2) is 71.2 Å². The molecule has 3 rings (SSSR count). The fourth-order valence-electron chi connectivity index (χ4n) is 4.29. The number of primary amides is 1. The molecule has 2 atom stereocenters. The van der Waals surface area contributed by atoms with Crippen molar-refractivity contribution in [3.63, 3.8) is 0 Å². The van der Waals surface area contributed by atoms with Crippen molar-refractivity contribution < 1.29 is 23.5 Å². The molecule has 3 N–H and O–H groups in total. The fourth-order valence-corrected chi connectivity index (χ4v) is 4.29. The lowest BCUT2D eigenvalue weighted by Crippen LogP contribution is -2.58. The number of ether oxygens (including phenoxy) is 1. The Hall–Kier alpha value is -3.72. The minimum atomic E-state index is -1.06. The largest absolute Gasteiger partial charge is 0.496 e. The van der Waals surface area contributed by atoms with Crippen molar-refractivity contribution in [2.75, 3.05) is 26.7 Å². The predicted molar refractivity (Wildman–Crippen MR) is 151 cm³/mol. The number of nitrogens with one attached hydrogen (secondary N) is 1. The molecule has 1 aromatic carbocycles. The number of hydrogen-bond donors (Lipinski definition) is 2. The zero-order valence-electron chi connectivity index (χ0n) is 23.3. The van der Waals surface area contributed by atoms with Crippen molar-refractivity contribution in [1.82, 2.24) is 14.8 Å². The smallest absolute Gasteiger partial charge is 0.289 e. The summed E-state index contributed by atoms with van der Waals surface area (Å²) in [5, 5.41) is 0.437. The molecule has 1 aliphatic heterocycles. The van der Waals surface area contributed by atoms with E-state index in [0.717, 1.165) is 6.54 Å². The summed E-state index contributed by atoms with van der Waals surface area (Å²) in [4.78, 5) is 44.2. The first-order valence-corrected chi connectivity index (χ1v) is 12.7. The maximum Gasteiger partial charge on any atom is 0.289 e. The second-order valence-corrected chi connectivity index (χ2v) is 8.51. The highest BCUT2D eigenvalue weighted by atomic mass is 19.1. The number of amides is 2. The number of nitrogens with zero attached hydrogens (tertiary/aromatic N) is 2. The molecule has 0 bridgehead atoms. The topological polar surface area (TPSA) is 109 Å². The summed E-state index contributed by atoms with van der Waals surface area (Å²) in [6.45, 7) is 17.6. The number of benzene rings is 1. The highest BCUT2D eigenvalue weighted by molar-refractivity contribution is 6.44. The summed E-state index contributed by atoms with van der Waals surface area (Å²) in [7, 11) is 1.48. The number of halogens is 1. The van der Waals surface area contributed by atoms with E-state index < -0.39 is 11.7 Å². The van der Waals surface area contributed by atoms with E-state index in [9.17, 15) is 18.8 Å². The second-order valence-electron chi connectivity index (χ2n) is 8.51. The van der Waals surface area contributed by atoms with Gasteiger partial charge in [0.15, 0.2) is 0 Å². The van der Waals surface area contributed by atoms with Crippen molar-refractivity contribution in [1.29, 1.82) is 0 Å². The van der Waals surface area contributed by atoms with E-state index in [2.05, 4.69) is 30.0 Å². The highest BCUT2D eigenvalue weighted by Crippen LogP contribution is 2.30. The molecule has 38 heavy (non-hydrogen) atoms. The highest BCUT2D eigenvalue weighted by Gasteiger charge is 2.33. The number of allylic oxidation sites excluding steroid dienone is 3. The first-order chi connectivity index (χ1) is 18.2. The number of methoxy groups -OCH3 is 1. The van der Waals surface area contributed by atoms with E-state index in [0.29, 0.717) is 41.7 Å². The molecule has 1 fully saturated rings. The quantitative estimate of drug-likeness (QED) is 0.216. The van der Waals surface area contributed by atoms with E-state index in [1.54, 1.807) is 24.0 Å². The van der Waals surface area contributed by atoms with Gasteiger partial charge in [-0.25, -0.2) is 4.39 Å². The third kappa shape index (κ3) is 7.64. The predicted octanol–water partition coefficient (Wildman–Crippen LogP) is 5.03. The van der Waals surface area contributed by atoms with Gasteiger partial charge < -0.3 is 20.4 Å². The third-order valence-electron chi connectivity index (χ3n) is 6.21. The Morgan fingerprint density at radius 3 is 2.39 bits per heavy atom. The van der Waals surface area contributed by atoms with E-state index in [1.165, 1.54) is 25.5 Å². The van der Waals surface area contributed by atoms with Gasteiger partial charge in [0.2, 0.25) is 0 Å². The minimum Gasteiger partial charge on any atom is -0.496 e. The van der Waals surface area contributed by atoms with Gasteiger partial charge in [0, 0.05) is 54.9 Å². The molecular weight excluding hydrogens is 487 g/mol. The number of ketones is 1. The van der Waals surface area contributed by atoms with Gasteiger partial charge in [-0.05, 0) is 39.3 Å². The Balaban J connectivity index is 0.00000172. The van der Waals surface area contributed by atoms with Gasteiger partial charge in [-0.3, -0.25) is 19.3 Å². The average Bonchev–Trinajstić information content (AvgIpc) is 3.35. The van der Waals surface area contributed by atoms with Gasteiger partial charge in [0.1, 0.15) is 11.6 Å². The second kappa shape index (κ2) is 15.5. The molecule has 1 aromatic heterocycles. The molecule has 2 heterocycles. The number of hydrogen-bond acceptors (Lipinski definition) is 5. The Morgan fingerprint density at radius 1 is 1.16 bits per heavy atom. The lowest BCUT2D eigenvalue weighted by molar-refractivity contribution is -0.114. The van der Waals surface area contributed by atoms with Gasteiger partial charge in [0.05, 0.1) is 18.2 Å². The van der Waals surface area contributed by atoms with Gasteiger partial charge >= 0.3 is 0 Å². The molecule has 0 saturated carbocycles. The molecule has 2 aromatic rings. The van der Waals surface area contributed by atoms with Crippen LogP contribution < -0.4 is 10.5 Å². The number of rotatable bonds is 8. The number of carbonyl (C=O) groups is 3. The minimum absolute atomic E-state index is 0.0710. The maximum atomic E-state index is 13.6. The van der Waals surface area contributed by atoms with E-state index in [1.807, 2.05) is 26.8 Å². The van der Waals surface area contributed by atoms with Crippen LogP contribution in [0, 0.1) is 0 Å². The first kappa shape index (κ1) is 32.3. The van der Waals surface area contributed by atoms with Crippen molar-refractivity contribution in [3.05, 3.63) is 66.7 Å². The van der Waals surface area contributed by atoms with Crippen LogP contribution in [0.3, 0.4) is 0 Å². The molecule has 9 heteroatoms. The lowest BCUT2D eigenvalue weighted by atomic mass is 10.0. The van der Waals surface area contributed by atoms with Gasteiger partial charge in [-0.15, -0.1) is 13.2 Å². The van der Waals surface area contributed by atoms with Crippen molar-refractivity contribution in [2.45, 2.75) is 53.1 Å². The summed E-state index contributed by atoms with van der Waals surface area (Å²) < 4.78 is 18.7. The Labute approximate surface area is 225 Å². The van der Waals surface area contributed by atoms with Crippen molar-refractivity contribution in [3.8, 4) is 5.75 Å². The maximum absolute atomic E-state index is 13.6. The summed E-state index contributed by atoms with van der Waals surface area (Å²) >= 11 is 0. The number of H-pyrrole nitrogens is 1. The van der Waals surface area contributed by atoms with Gasteiger partial charge in [-0.1, -0.05) is 26.0 Å². The number of aromatic amines is 1. The zero-order chi connectivity index (χ0) is 29.0. The molecule has 0 aliphatic carbocycles. The molecule has 208 valence electrons. The first-order valence-electron chi connectivity index (χ1n) is 12.7. The normalized spacial score (nSPS) is 17.9. The number of Topliss-reactive ketones (excluding diaryl/α,β-unsaturated/α-hetero) is 1. The molecule has 0 radical (unpaired) electrons. The summed E-state index contributed by atoms with van der Waals surface area (Å²) in [5.74, 6) is -1.99. The van der Waals surface area contributed by atoms with Crippen LogP contribution in [0.25, 0.3) is 10.9 Å². The molecule has 1 unspecified atom stereocenters. The molecule has 1 aliphatic rings. The molecule has 1 saturated heterocycles. The van der Waals surface area contributed by atoms with E-state index >= 15 is 0 Å². The Kier molecular flexibility index (Phi) is 13.2. The molecule has 8 nitrogen and oxygen atoms in total. The van der Waals surface area contributed by atoms with Gasteiger partial charge in [-0.2, -0.15) is 0 Å². The van der Waals surface area contributed by atoms with Crippen LogP contribution in [0.2, 0.25) is 0 Å². The molecule has 2 amide bonds. The van der Waals surface area contributed by atoms with Crippen LogP contribution in [0.1, 0.15) is 61.8 Å². The third-order valence-corrected chi connectivity index (χ3v) is 6.21. The van der Waals surface area contributed by atoms with Crippen LogP contribution in [-0.2, 0) is 4.79 Å². The van der Waals surface area contributed by atoms with Crippen LogP contribution in [0.15, 0.2) is 55.5 Å². The van der Waals surface area contributed by atoms with Crippen molar-refractivity contribution >= 4 is 28.5 Å². The lowest BCUT2D eigenvalue weighted by Gasteiger charge is -2.44. The number of piperazine rings is 1.